The average Bonchev–Trinajstić information content (AvgIpc) is 3.07. The molecule has 1 heterocycles. The molecule has 2 aromatic rings. The molecule has 102 valence electrons. The highest BCUT2D eigenvalue weighted by Gasteiger charge is 2.40. The fourth-order valence-electron chi connectivity index (χ4n) is 3.06. The van der Waals surface area contributed by atoms with E-state index in [9.17, 15) is 0 Å². The molecule has 4 nitrogen and oxygen atoms in total. The van der Waals surface area contributed by atoms with Gasteiger partial charge in [-0.2, -0.15) is 15.3 Å². The van der Waals surface area contributed by atoms with Gasteiger partial charge in [-0.3, -0.25) is 0 Å². The van der Waals surface area contributed by atoms with Gasteiger partial charge in [-0.15, -0.1) is 0 Å². The smallest absolute Gasteiger partial charge is 0.0889 e. The summed E-state index contributed by atoms with van der Waals surface area (Å²) in [5, 5.41) is 12.8. The van der Waals surface area contributed by atoms with E-state index < -0.39 is 0 Å². The van der Waals surface area contributed by atoms with E-state index in [0.29, 0.717) is 0 Å². The summed E-state index contributed by atoms with van der Waals surface area (Å²) in [7, 11) is 0. The van der Waals surface area contributed by atoms with Crippen LogP contribution in [0.4, 0.5) is 0 Å². The highest BCUT2D eigenvalue weighted by atomic mass is 15.3. The molecule has 0 saturated carbocycles. The van der Waals surface area contributed by atoms with Gasteiger partial charge in [-0.25, -0.2) is 0 Å². The van der Waals surface area contributed by atoms with Crippen LogP contribution in [0.15, 0.2) is 69.9 Å². The summed E-state index contributed by atoms with van der Waals surface area (Å²) >= 11 is 0. The highest BCUT2D eigenvalue weighted by Crippen LogP contribution is 2.33. The third-order valence-electron chi connectivity index (χ3n) is 4.01. The number of hydrogen-bond acceptors (Lipinski definition) is 4. The zero-order valence-corrected chi connectivity index (χ0v) is 11.4. The standard InChI is InChI=1S/C17H14N4/c18-19-16-12-8-4-5-9-13(12)17-15(16)14(20-21-17)10-11-6-2-1-3-7-11/h1-9,15H,10,18H2/b19-16+/t15-/m1/s1. The van der Waals surface area contributed by atoms with Crippen LogP contribution in [0.25, 0.3) is 0 Å². The molecule has 0 saturated heterocycles. The van der Waals surface area contributed by atoms with Gasteiger partial charge in [0.25, 0.3) is 0 Å². The Balaban J connectivity index is 1.72. The first kappa shape index (κ1) is 12.0. The third-order valence-corrected chi connectivity index (χ3v) is 4.01. The molecule has 0 fully saturated rings. The van der Waals surface area contributed by atoms with Crippen LogP contribution in [0.2, 0.25) is 0 Å². The Bertz CT molecular complexity index is 772. The van der Waals surface area contributed by atoms with E-state index in [1.54, 1.807) is 0 Å². The van der Waals surface area contributed by atoms with Crippen LogP contribution in [0.1, 0.15) is 16.7 Å². The van der Waals surface area contributed by atoms with Crippen LogP contribution in [0, 0.1) is 5.92 Å². The molecule has 2 aliphatic rings. The Kier molecular flexibility index (Phi) is 2.67. The van der Waals surface area contributed by atoms with Crippen LogP contribution < -0.4 is 5.84 Å². The van der Waals surface area contributed by atoms with Crippen molar-refractivity contribution in [1.82, 2.24) is 0 Å². The largest absolute Gasteiger partial charge is 0.323 e. The van der Waals surface area contributed by atoms with E-state index in [0.717, 1.165) is 34.7 Å². The first-order valence-corrected chi connectivity index (χ1v) is 6.94. The minimum atomic E-state index is 0.00704. The number of nitrogens with two attached hydrogens (primary N) is 1. The molecule has 0 aromatic heterocycles. The van der Waals surface area contributed by atoms with Gasteiger partial charge in [0.15, 0.2) is 0 Å². The van der Waals surface area contributed by atoms with Gasteiger partial charge in [0.1, 0.15) is 0 Å². The number of benzene rings is 2. The van der Waals surface area contributed by atoms with Gasteiger partial charge < -0.3 is 5.84 Å². The van der Waals surface area contributed by atoms with Gasteiger partial charge in [0, 0.05) is 17.5 Å². The van der Waals surface area contributed by atoms with Crippen molar-refractivity contribution in [3.8, 4) is 0 Å². The van der Waals surface area contributed by atoms with Crippen LogP contribution in [-0.4, -0.2) is 17.1 Å². The van der Waals surface area contributed by atoms with Crippen molar-refractivity contribution in [3.63, 3.8) is 0 Å². The number of hydrogen-bond donors (Lipinski definition) is 1. The first-order valence-electron chi connectivity index (χ1n) is 6.94. The second kappa shape index (κ2) is 4.66. The van der Waals surface area contributed by atoms with Crippen molar-refractivity contribution in [2.24, 2.45) is 27.1 Å². The quantitative estimate of drug-likeness (QED) is 0.663. The number of hydrazone groups is 1. The molecule has 2 aromatic carbocycles. The van der Waals surface area contributed by atoms with E-state index >= 15 is 0 Å². The van der Waals surface area contributed by atoms with Crippen molar-refractivity contribution >= 4 is 17.1 Å². The Labute approximate surface area is 122 Å². The SMILES string of the molecule is N/N=C1\c2ccccc2C2=NN=C(Cc3ccccc3)[C@@H]21. The zero-order valence-electron chi connectivity index (χ0n) is 11.4. The maximum atomic E-state index is 5.64. The lowest BCUT2D eigenvalue weighted by atomic mass is 9.92. The van der Waals surface area contributed by atoms with Crippen molar-refractivity contribution in [1.29, 1.82) is 0 Å². The molecule has 2 N–H and O–H groups in total. The monoisotopic (exact) mass is 274 g/mol. The van der Waals surface area contributed by atoms with E-state index in [1.165, 1.54) is 5.56 Å². The molecule has 4 heteroatoms. The average molecular weight is 274 g/mol. The Hall–Kier alpha value is -2.75. The van der Waals surface area contributed by atoms with Crippen LogP contribution >= 0.6 is 0 Å². The summed E-state index contributed by atoms with van der Waals surface area (Å²) in [6.45, 7) is 0. The molecule has 0 spiro atoms. The second-order valence-electron chi connectivity index (χ2n) is 5.23. The van der Waals surface area contributed by atoms with E-state index in [1.807, 2.05) is 36.4 Å². The maximum absolute atomic E-state index is 5.64. The summed E-state index contributed by atoms with van der Waals surface area (Å²) in [5.41, 5.74) is 6.25. The zero-order chi connectivity index (χ0) is 14.2. The van der Waals surface area contributed by atoms with Gasteiger partial charge >= 0.3 is 0 Å². The van der Waals surface area contributed by atoms with Crippen LogP contribution in [0.3, 0.4) is 0 Å². The lowest BCUT2D eigenvalue weighted by Crippen LogP contribution is -2.25. The summed E-state index contributed by atoms with van der Waals surface area (Å²) in [6, 6.07) is 18.4. The molecule has 1 atom stereocenters. The Morgan fingerprint density at radius 1 is 0.905 bits per heavy atom. The topological polar surface area (TPSA) is 63.1 Å². The summed E-state index contributed by atoms with van der Waals surface area (Å²) < 4.78 is 0. The maximum Gasteiger partial charge on any atom is 0.0889 e. The molecule has 1 aliphatic carbocycles. The molecule has 0 amide bonds. The van der Waals surface area contributed by atoms with Crippen LogP contribution in [-0.2, 0) is 6.42 Å². The van der Waals surface area contributed by atoms with E-state index in [2.05, 4.69) is 33.5 Å². The molecular formula is C17H14N4. The van der Waals surface area contributed by atoms with Crippen LogP contribution in [0.5, 0.6) is 0 Å². The Morgan fingerprint density at radius 3 is 2.38 bits per heavy atom. The fourth-order valence-corrected chi connectivity index (χ4v) is 3.06. The van der Waals surface area contributed by atoms with E-state index in [-0.39, 0.29) is 5.92 Å². The highest BCUT2D eigenvalue weighted by molar-refractivity contribution is 6.40. The number of rotatable bonds is 2. The van der Waals surface area contributed by atoms with Crippen molar-refractivity contribution in [3.05, 3.63) is 71.3 Å². The van der Waals surface area contributed by atoms with Gasteiger partial charge in [-0.05, 0) is 5.56 Å². The fraction of sp³-hybridized carbons (Fsp3) is 0.118. The minimum absolute atomic E-state index is 0.00704. The predicted molar refractivity (Wildman–Crippen MR) is 84.8 cm³/mol. The number of nitrogens with zero attached hydrogens (tertiary/aromatic N) is 3. The minimum Gasteiger partial charge on any atom is -0.323 e. The number of fused-ring (bicyclic) bond motifs is 3. The van der Waals surface area contributed by atoms with Crippen molar-refractivity contribution < 1.29 is 0 Å². The molecule has 0 bridgehead atoms. The summed E-state index contributed by atoms with van der Waals surface area (Å²) in [4.78, 5) is 0. The lowest BCUT2D eigenvalue weighted by molar-refractivity contribution is 1.15. The van der Waals surface area contributed by atoms with Crippen molar-refractivity contribution in [2.45, 2.75) is 6.42 Å². The molecule has 21 heavy (non-hydrogen) atoms. The summed E-state index contributed by atoms with van der Waals surface area (Å²) in [5.74, 6) is 5.65. The molecule has 0 radical (unpaired) electrons. The molecule has 4 rings (SSSR count). The summed E-state index contributed by atoms with van der Waals surface area (Å²) in [6.07, 6.45) is 0.769. The van der Waals surface area contributed by atoms with Gasteiger partial charge in [0.2, 0.25) is 0 Å². The van der Waals surface area contributed by atoms with E-state index in [4.69, 9.17) is 5.84 Å². The predicted octanol–water partition coefficient (Wildman–Crippen LogP) is 2.38. The first-order chi connectivity index (χ1) is 10.4. The molecular weight excluding hydrogens is 260 g/mol. The molecule has 1 aliphatic heterocycles. The van der Waals surface area contributed by atoms with Gasteiger partial charge in [-0.1, -0.05) is 54.6 Å². The second-order valence-corrected chi connectivity index (χ2v) is 5.23. The lowest BCUT2D eigenvalue weighted by Gasteiger charge is -2.09. The Morgan fingerprint density at radius 2 is 1.62 bits per heavy atom. The van der Waals surface area contributed by atoms with Gasteiger partial charge in [0.05, 0.1) is 23.1 Å². The molecule has 0 unspecified atom stereocenters. The van der Waals surface area contributed by atoms with Crippen molar-refractivity contribution in [2.75, 3.05) is 0 Å². The third kappa shape index (κ3) is 1.80. The normalized spacial score (nSPS) is 21.0.